The van der Waals surface area contributed by atoms with E-state index in [0.717, 1.165) is 34.9 Å². The zero-order valence-electron chi connectivity index (χ0n) is 14.5. The van der Waals surface area contributed by atoms with Gasteiger partial charge in [0.15, 0.2) is 0 Å². The Bertz CT molecular complexity index is 631. The van der Waals surface area contributed by atoms with Gasteiger partial charge in [0.25, 0.3) is 0 Å². The van der Waals surface area contributed by atoms with Crippen molar-refractivity contribution >= 4 is 17.8 Å². The number of thioether (sulfide) groups is 1. The molecule has 0 aromatic carbocycles. The van der Waals surface area contributed by atoms with Crippen molar-refractivity contribution in [3.05, 3.63) is 47.8 Å². The van der Waals surface area contributed by atoms with Crippen LogP contribution in [-0.4, -0.2) is 45.2 Å². The van der Waals surface area contributed by atoms with Crippen molar-refractivity contribution < 1.29 is 4.79 Å². The van der Waals surface area contributed by atoms with Crippen LogP contribution in [0, 0.1) is 6.92 Å². The van der Waals surface area contributed by atoms with E-state index in [9.17, 15) is 4.79 Å². The molecule has 2 aromatic rings. The molecule has 24 heavy (non-hydrogen) atoms. The van der Waals surface area contributed by atoms with E-state index in [0.29, 0.717) is 6.54 Å². The minimum atomic E-state index is -0.0535. The van der Waals surface area contributed by atoms with Gasteiger partial charge in [-0.15, -0.1) is 0 Å². The number of pyridine rings is 1. The van der Waals surface area contributed by atoms with Crippen LogP contribution in [0.2, 0.25) is 0 Å². The van der Waals surface area contributed by atoms with E-state index < -0.39 is 0 Å². The molecule has 0 saturated heterocycles. The molecule has 0 fully saturated rings. The second kappa shape index (κ2) is 9.32. The summed E-state index contributed by atoms with van der Waals surface area (Å²) in [6.45, 7) is 4.73. The largest absolute Gasteiger partial charge is 0.348 e. The molecule has 0 unspecified atom stereocenters. The molecule has 2 aromatic heterocycles. The van der Waals surface area contributed by atoms with Gasteiger partial charge >= 0.3 is 6.03 Å². The van der Waals surface area contributed by atoms with Crippen LogP contribution in [0.4, 0.5) is 4.79 Å². The quantitative estimate of drug-likeness (QED) is 0.720. The normalized spacial score (nSPS) is 12.0. The van der Waals surface area contributed by atoms with Crippen LogP contribution >= 0.6 is 11.8 Å². The van der Waals surface area contributed by atoms with Crippen LogP contribution in [0.3, 0.4) is 0 Å². The second-order valence-electron chi connectivity index (χ2n) is 5.58. The predicted octanol–water partition coefficient (Wildman–Crippen LogP) is 3.14. The Balaban J connectivity index is 1.74. The molecule has 1 atom stereocenters. The molecule has 0 aliphatic rings. The van der Waals surface area contributed by atoms with Gasteiger partial charge in [0.1, 0.15) is 0 Å². The number of aromatic amines is 1. The first-order valence-electron chi connectivity index (χ1n) is 8.10. The van der Waals surface area contributed by atoms with Crippen molar-refractivity contribution in [1.82, 2.24) is 25.2 Å². The standard InChI is InChI=1S/C17H25N5OS/c1-4-16(14-6-5-7-18-10-14)22(3)17(23)19-8-9-24-11-15-13(2)20-12-21-15/h5-7,10,12,16H,4,8-9,11H2,1-3H3,(H,19,23)(H,20,21)/t16-/m1/s1. The van der Waals surface area contributed by atoms with Crippen molar-refractivity contribution in [3.8, 4) is 0 Å². The van der Waals surface area contributed by atoms with Gasteiger partial charge in [-0.25, -0.2) is 9.78 Å². The Morgan fingerprint density at radius 1 is 1.50 bits per heavy atom. The summed E-state index contributed by atoms with van der Waals surface area (Å²) in [6, 6.07) is 3.89. The first-order valence-corrected chi connectivity index (χ1v) is 9.26. The highest BCUT2D eigenvalue weighted by Crippen LogP contribution is 2.21. The summed E-state index contributed by atoms with van der Waals surface area (Å²) in [5.74, 6) is 1.71. The van der Waals surface area contributed by atoms with E-state index in [4.69, 9.17) is 0 Å². The molecule has 0 aliphatic heterocycles. The number of nitrogens with one attached hydrogen (secondary N) is 2. The summed E-state index contributed by atoms with van der Waals surface area (Å²) in [5, 5.41) is 2.98. The number of urea groups is 1. The molecular weight excluding hydrogens is 322 g/mol. The number of nitrogens with zero attached hydrogens (tertiary/aromatic N) is 3. The molecule has 2 heterocycles. The molecule has 130 valence electrons. The number of hydrogen-bond acceptors (Lipinski definition) is 4. The molecule has 0 spiro atoms. The third-order valence-corrected chi connectivity index (χ3v) is 4.91. The van der Waals surface area contributed by atoms with Gasteiger partial charge in [0, 0.05) is 43.2 Å². The fourth-order valence-electron chi connectivity index (χ4n) is 2.50. The number of carbonyl (C=O) groups is 1. The number of aromatic nitrogens is 3. The zero-order chi connectivity index (χ0) is 17.4. The van der Waals surface area contributed by atoms with E-state index in [1.807, 2.05) is 32.3 Å². The molecule has 2 N–H and O–H groups in total. The zero-order valence-corrected chi connectivity index (χ0v) is 15.3. The van der Waals surface area contributed by atoms with Gasteiger partial charge < -0.3 is 15.2 Å². The van der Waals surface area contributed by atoms with Gasteiger partial charge in [0.2, 0.25) is 0 Å². The molecule has 0 saturated carbocycles. The number of hydrogen-bond donors (Lipinski definition) is 2. The molecule has 6 nitrogen and oxygen atoms in total. The summed E-state index contributed by atoms with van der Waals surface area (Å²) < 4.78 is 0. The van der Waals surface area contributed by atoms with Crippen LogP contribution < -0.4 is 5.32 Å². The molecule has 2 amide bonds. The summed E-state index contributed by atoms with van der Waals surface area (Å²) in [4.78, 5) is 25.6. The first kappa shape index (κ1) is 18.3. The summed E-state index contributed by atoms with van der Waals surface area (Å²) in [6.07, 6.45) is 6.13. The molecule has 0 bridgehead atoms. The highest BCUT2D eigenvalue weighted by molar-refractivity contribution is 7.98. The Labute approximate surface area is 147 Å². The van der Waals surface area contributed by atoms with Crippen LogP contribution in [0.25, 0.3) is 0 Å². The maximum atomic E-state index is 12.3. The van der Waals surface area contributed by atoms with Crippen LogP contribution in [0.15, 0.2) is 30.9 Å². The highest BCUT2D eigenvalue weighted by atomic mass is 32.2. The lowest BCUT2D eigenvalue weighted by molar-refractivity contribution is 0.189. The number of imidazole rings is 1. The number of carbonyl (C=O) groups excluding carboxylic acids is 1. The number of aryl methyl sites for hydroxylation is 1. The highest BCUT2D eigenvalue weighted by Gasteiger charge is 2.19. The number of rotatable bonds is 8. The van der Waals surface area contributed by atoms with Crippen molar-refractivity contribution in [2.24, 2.45) is 0 Å². The predicted molar refractivity (Wildman–Crippen MR) is 97.9 cm³/mol. The lowest BCUT2D eigenvalue weighted by atomic mass is 10.1. The topological polar surface area (TPSA) is 73.9 Å². The minimum absolute atomic E-state index is 0.0399. The third kappa shape index (κ3) is 4.99. The monoisotopic (exact) mass is 347 g/mol. The van der Waals surface area contributed by atoms with Crippen LogP contribution in [0.5, 0.6) is 0 Å². The van der Waals surface area contributed by atoms with Gasteiger partial charge in [-0.3, -0.25) is 4.98 Å². The van der Waals surface area contributed by atoms with Gasteiger partial charge in [-0.2, -0.15) is 11.8 Å². The van der Waals surface area contributed by atoms with Gasteiger partial charge in [-0.05, 0) is 25.0 Å². The Hall–Kier alpha value is -2.02. The fourth-order valence-corrected chi connectivity index (χ4v) is 3.38. The molecule has 0 aliphatic carbocycles. The third-order valence-electron chi connectivity index (χ3n) is 3.94. The first-order chi connectivity index (χ1) is 11.6. The van der Waals surface area contributed by atoms with E-state index in [-0.39, 0.29) is 12.1 Å². The van der Waals surface area contributed by atoms with Crippen molar-refractivity contribution in [3.63, 3.8) is 0 Å². The lowest BCUT2D eigenvalue weighted by Crippen LogP contribution is -2.40. The molecular formula is C17H25N5OS. The van der Waals surface area contributed by atoms with Crippen LogP contribution in [0.1, 0.15) is 36.3 Å². The lowest BCUT2D eigenvalue weighted by Gasteiger charge is -2.27. The van der Waals surface area contributed by atoms with Crippen molar-refractivity contribution in [1.29, 1.82) is 0 Å². The minimum Gasteiger partial charge on any atom is -0.348 e. The summed E-state index contributed by atoms with van der Waals surface area (Å²) in [5.41, 5.74) is 3.24. The Kier molecular flexibility index (Phi) is 7.11. The van der Waals surface area contributed by atoms with E-state index >= 15 is 0 Å². The van der Waals surface area contributed by atoms with Gasteiger partial charge in [-0.1, -0.05) is 13.0 Å². The molecule has 0 radical (unpaired) electrons. The average molecular weight is 347 g/mol. The smallest absolute Gasteiger partial charge is 0.317 e. The van der Waals surface area contributed by atoms with Crippen LogP contribution in [-0.2, 0) is 5.75 Å². The Morgan fingerprint density at radius 2 is 2.33 bits per heavy atom. The SMILES string of the molecule is CC[C@H](c1cccnc1)N(C)C(=O)NCCSCc1nc[nH]c1C. The number of amides is 2. The van der Waals surface area contributed by atoms with Crippen molar-refractivity contribution in [2.45, 2.75) is 32.1 Å². The second-order valence-corrected chi connectivity index (χ2v) is 6.69. The molecule has 2 rings (SSSR count). The van der Waals surface area contributed by atoms with E-state index in [1.165, 1.54) is 0 Å². The molecule has 7 heteroatoms. The summed E-state index contributed by atoms with van der Waals surface area (Å²) >= 11 is 1.76. The maximum Gasteiger partial charge on any atom is 0.317 e. The van der Waals surface area contributed by atoms with Gasteiger partial charge in [0.05, 0.1) is 18.1 Å². The van der Waals surface area contributed by atoms with E-state index in [2.05, 4.69) is 27.2 Å². The summed E-state index contributed by atoms with van der Waals surface area (Å²) in [7, 11) is 1.83. The number of H-pyrrole nitrogens is 1. The fraction of sp³-hybridized carbons (Fsp3) is 0.471. The Morgan fingerprint density at radius 3 is 2.96 bits per heavy atom. The average Bonchev–Trinajstić information content (AvgIpc) is 3.01. The van der Waals surface area contributed by atoms with Crippen molar-refractivity contribution in [2.75, 3.05) is 19.3 Å². The van der Waals surface area contributed by atoms with E-state index in [1.54, 1.807) is 29.2 Å². The maximum absolute atomic E-state index is 12.3.